The topological polar surface area (TPSA) is 69.6 Å². The van der Waals surface area contributed by atoms with Gasteiger partial charge in [0.05, 0.1) is 6.33 Å². The number of hydrogen-bond donors (Lipinski definition) is 1. The second kappa shape index (κ2) is 9.75. The van der Waals surface area contributed by atoms with Crippen molar-refractivity contribution in [3.63, 3.8) is 0 Å². The molecule has 128 valence electrons. The molecule has 0 aliphatic heterocycles. The van der Waals surface area contributed by atoms with Gasteiger partial charge in [0.25, 0.3) is 0 Å². The first kappa shape index (κ1) is 18.0. The van der Waals surface area contributed by atoms with Crippen molar-refractivity contribution in [1.82, 2.24) is 19.5 Å². The summed E-state index contributed by atoms with van der Waals surface area (Å²) in [5.74, 6) is 1.41. The highest BCUT2D eigenvalue weighted by Crippen LogP contribution is 2.26. The van der Waals surface area contributed by atoms with Gasteiger partial charge in [-0.3, -0.25) is 0 Å². The van der Waals surface area contributed by atoms with Crippen molar-refractivity contribution in [2.45, 2.75) is 76.8 Å². The largest absolute Gasteiger partial charge is 0.368 e. The van der Waals surface area contributed by atoms with Crippen molar-refractivity contribution >= 4 is 28.9 Å². The van der Waals surface area contributed by atoms with Crippen LogP contribution in [0.4, 0.5) is 5.95 Å². The molecule has 0 spiro atoms. The van der Waals surface area contributed by atoms with E-state index in [0.717, 1.165) is 28.5 Å². The summed E-state index contributed by atoms with van der Waals surface area (Å²) in [5, 5.41) is 0.919. The van der Waals surface area contributed by atoms with E-state index in [1.54, 1.807) is 11.8 Å². The van der Waals surface area contributed by atoms with Crippen LogP contribution in [0.2, 0.25) is 0 Å². The van der Waals surface area contributed by atoms with Crippen LogP contribution in [0, 0.1) is 0 Å². The molecule has 0 saturated carbocycles. The molecular formula is C17H29N5S. The molecule has 0 bridgehead atoms. The molecule has 23 heavy (non-hydrogen) atoms. The van der Waals surface area contributed by atoms with Gasteiger partial charge in [-0.25, -0.2) is 9.97 Å². The fourth-order valence-corrected chi connectivity index (χ4v) is 3.65. The van der Waals surface area contributed by atoms with Crippen LogP contribution in [0.15, 0.2) is 11.4 Å². The van der Waals surface area contributed by atoms with E-state index >= 15 is 0 Å². The lowest BCUT2D eigenvalue weighted by Crippen LogP contribution is -2.00. The van der Waals surface area contributed by atoms with Gasteiger partial charge in [-0.1, -0.05) is 51.9 Å². The van der Waals surface area contributed by atoms with Crippen molar-refractivity contribution in [3.8, 4) is 0 Å². The number of aromatic nitrogens is 4. The Morgan fingerprint density at radius 3 is 2.39 bits per heavy atom. The van der Waals surface area contributed by atoms with Crippen molar-refractivity contribution in [3.05, 3.63) is 6.33 Å². The van der Waals surface area contributed by atoms with Gasteiger partial charge >= 0.3 is 0 Å². The maximum Gasteiger partial charge on any atom is 0.223 e. The van der Waals surface area contributed by atoms with Crippen LogP contribution in [0.5, 0.6) is 0 Å². The molecule has 0 unspecified atom stereocenters. The highest BCUT2D eigenvalue weighted by molar-refractivity contribution is 7.99. The zero-order valence-corrected chi connectivity index (χ0v) is 15.2. The Bertz CT molecular complexity index is 596. The van der Waals surface area contributed by atoms with Crippen molar-refractivity contribution in [2.75, 3.05) is 11.5 Å². The summed E-state index contributed by atoms with van der Waals surface area (Å²) in [4.78, 5) is 13.1. The molecular weight excluding hydrogens is 306 g/mol. The van der Waals surface area contributed by atoms with Crippen LogP contribution in [-0.2, 0) is 6.54 Å². The van der Waals surface area contributed by atoms with E-state index in [9.17, 15) is 0 Å². The SMILES string of the molecule is CCCCCCCCCCSc1nc(N)nc2c1ncn2CC. The Kier molecular flexibility index (Phi) is 7.65. The molecule has 2 heterocycles. The first-order valence-corrected chi connectivity index (χ1v) is 9.86. The summed E-state index contributed by atoms with van der Waals surface area (Å²) in [7, 11) is 0. The Labute approximate surface area is 143 Å². The number of hydrogen-bond acceptors (Lipinski definition) is 5. The number of imidazole rings is 1. The van der Waals surface area contributed by atoms with Gasteiger partial charge in [0.1, 0.15) is 10.5 Å². The number of unbranched alkanes of at least 4 members (excludes halogenated alkanes) is 7. The minimum Gasteiger partial charge on any atom is -0.368 e. The third-order valence-electron chi connectivity index (χ3n) is 4.03. The number of anilines is 1. The van der Waals surface area contributed by atoms with Crippen LogP contribution in [0.3, 0.4) is 0 Å². The molecule has 2 N–H and O–H groups in total. The number of aryl methyl sites for hydroxylation is 1. The van der Waals surface area contributed by atoms with E-state index in [2.05, 4.69) is 28.8 Å². The molecule has 2 aromatic rings. The third kappa shape index (κ3) is 5.37. The quantitative estimate of drug-likeness (QED) is 0.367. The Morgan fingerprint density at radius 2 is 1.70 bits per heavy atom. The van der Waals surface area contributed by atoms with E-state index in [0.29, 0.717) is 5.95 Å². The Balaban J connectivity index is 1.76. The predicted molar refractivity (Wildman–Crippen MR) is 98.7 cm³/mol. The first-order valence-electron chi connectivity index (χ1n) is 8.87. The molecule has 0 fully saturated rings. The van der Waals surface area contributed by atoms with E-state index in [1.807, 2.05) is 10.9 Å². The van der Waals surface area contributed by atoms with Gasteiger partial charge in [-0.15, -0.1) is 11.8 Å². The maximum absolute atomic E-state index is 5.84. The molecule has 5 nitrogen and oxygen atoms in total. The Hall–Kier alpha value is -1.30. The molecule has 0 radical (unpaired) electrons. The highest BCUT2D eigenvalue weighted by Gasteiger charge is 2.11. The molecule has 0 aromatic carbocycles. The van der Waals surface area contributed by atoms with E-state index < -0.39 is 0 Å². The normalized spacial score (nSPS) is 11.4. The molecule has 2 aromatic heterocycles. The zero-order valence-electron chi connectivity index (χ0n) is 14.4. The Morgan fingerprint density at radius 1 is 1.00 bits per heavy atom. The molecule has 0 atom stereocenters. The monoisotopic (exact) mass is 335 g/mol. The average Bonchev–Trinajstić information content (AvgIpc) is 2.96. The molecule has 0 saturated heterocycles. The average molecular weight is 336 g/mol. The molecule has 0 aliphatic carbocycles. The van der Waals surface area contributed by atoms with Gasteiger partial charge in [0.2, 0.25) is 5.95 Å². The standard InChI is InChI=1S/C17H29N5S/c1-3-5-6-7-8-9-10-11-12-23-16-14-15(20-17(18)21-16)22(4-2)13-19-14/h13H,3-12H2,1-2H3,(H2,18,20,21). The second-order valence-electron chi connectivity index (χ2n) is 5.91. The van der Waals surface area contributed by atoms with Crippen molar-refractivity contribution < 1.29 is 0 Å². The number of fused-ring (bicyclic) bond motifs is 1. The lowest BCUT2D eigenvalue weighted by atomic mass is 10.1. The van der Waals surface area contributed by atoms with Crippen LogP contribution in [0.1, 0.15) is 65.2 Å². The minimum absolute atomic E-state index is 0.339. The predicted octanol–water partition coefficient (Wildman–Crippen LogP) is 4.66. The van der Waals surface area contributed by atoms with E-state index in [4.69, 9.17) is 5.73 Å². The lowest BCUT2D eigenvalue weighted by molar-refractivity contribution is 0.586. The third-order valence-corrected chi connectivity index (χ3v) is 5.08. The summed E-state index contributed by atoms with van der Waals surface area (Å²) >= 11 is 1.75. The fraction of sp³-hybridized carbons (Fsp3) is 0.706. The first-order chi connectivity index (χ1) is 11.3. The van der Waals surface area contributed by atoms with Gasteiger partial charge < -0.3 is 10.3 Å². The van der Waals surface area contributed by atoms with E-state index in [-0.39, 0.29) is 0 Å². The smallest absolute Gasteiger partial charge is 0.223 e. The highest BCUT2D eigenvalue weighted by atomic mass is 32.2. The van der Waals surface area contributed by atoms with Gasteiger partial charge in [0, 0.05) is 6.54 Å². The van der Waals surface area contributed by atoms with Crippen molar-refractivity contribution in [2.24, 2.45) is 0 Å². The molecule has 6 heteroatoms. The summed E-state index contributed by atoms with van der Waals surface area (Å²) in [6.45, 7) is 5.18. The number of nitrogens with zero attached hydrogens (tertiary/aromatic N) is 4. The fourth-order valence-electron chi connectivity index (χ4n) is 2.67. The van der Waals surface area contributed by atoms with Crippen LogP contribution < -0.4 is 5.73 Å². The van der Waals surface area contributed by atoms with Gasteiger partial charge in [-0.05, 0) is 19.1 Å². The van der Waals surface area contributed by atoms with Gasteiger partial charge in [0.15, 0.2) is 5.65 Å². The number of thioether (sulfide) groups is 1. The number of rotatable bonds is 11. The lowest BCUT2D eigenvalue weighted by Gasteiger charge is -2.04. The number of nitrogens with two attached hydrogens (primary N) is 1. The molecule has 0 amide bonds. The number of nitrogen functional groups attached to an aromatic ring is 1. The molecule has 0 aliphatic rings. The summed E-state index contributed by atoms with van der Waals surface area (Å²) in [5.41, 5.74) is 7.57. The van der Waals surface area contributed by atoms with Crippen molar-refractivity contribution in [1.29, 1.82) is 0 Å². The van der Waals surface area contributed by atoms with E-state index in [1.165, 1.54) is 51.4 Å². The summed E-state index contributed by atoms with van der Waals surface area (Å²) in [6, 6.07) is 0. The summed E-state index contributed by atoms with van der Waals surface area (Å²) in [6.07, 6.45) is 12.5. The van der Waals surface area contributed by atoms with Crippen LogP contribution in [-0.4, -0.2) is 25.3 Å². The second-order valence-corrected chi connectivity index (χ2v) is 7.00. The van der Waals surface area contributed by atoms with Crippen LogP contribution >= 0.6 is 11.8 Å². The van der Waals surface area contributed by atoms with Crippen LogP contribution in [0.25, 0.3) is 11.2 Å². The minimum atomic E-state index is 0.339. The molecule has 2 rings (SSSR count). The van der Waals surface area contributed by atoms with Gasteiger partial charge in [-0.2, -0.15) is 4.98 Å². The maximum atomic E-state index is 5.84. The summed E-state index contributed by atoms with van der Waals surface area (Å²) < 4.78 is 2.01. The zero-order chi connectivity index (χ0) is 16.5.